The van der Waals surface area contributed by atoms with Crippen LogP contribution in [0.5, 0.6) is 5.75 Å². The molecule has 0 spiro atoms. The second kappa shape index (κ2) is 12.7. The van der Waals surface area contributed by atoms with E-state index in [0.29, 0.717) is 31.1 Å². The number of hydrogen-bond donors (Lipinski definition) is 3. The van der Waals surface area contributed by atoms with Gasteiger partial charge in [-0.25, -0.2) is 5.84 Å². The highest BCUT2D eigenvalue weighted by Gasteiger charge is 2.30. The fraction of sp³-hybridized carbons (Fsp3) is 0.381. The summed E-state index contributed by atoms with van der Waals surface area (Å²) in [4.78, 5) is 1.96. The van der Waals surface area contributed by atoms with Crippen LogP contribution in [0.3, 0.4) is 0 Å². The van der Waals surface area contributed by atoms with E-state index in [9.17, 15) is 13.2 Å². The molecule has 166 valence electrons. The third-order valence-corrected chi connectivity index (χ3v) is 4.15. The number of nitrogens with two attached hydrogens (primary N) is 2. The molecule has 0 fully saturated rings. The summed E-state index contributed by atoms with van der Waals surface area (Å²) in [5, 5.41) is 3.54. The van der Waals surface area contributed by atoms with Crippen molar-refractivity contribution in [1.29, 1.82) is 0 Å². The molecule has 1 atom stereocenters. The first-order valence-corrected chi connectivity index (χ1v) is 9.64. The number of hydrazone groups is 1. The third-order valence-electron chi connectivity index (χ3n) is 4.15. The fourth-order valence-corrected chi connectivity index (χ4v) is 2.64. The average Bonchev–Trinajstić information content (AvgIpc) is 2.76. The minimum absolute atomic E-state index is 0.329. The van der Waals surface area contributed by atoms with E-state index in [-0.39, 0.29) is 6.10 Å². The van der Waals surface area contributed by atoms with Crippen LogP contribution in [0.4, 0.5) is 13.2 Å². The predicted octanol–water partition coefficient (Wildman–Crippen LogP) is 3.91. The number of nitrogens with one attached hydrogen (secondary N) is 1. The van der Waals surface area contributed by atoms with Crippen LogP contribution in [0.25, 0.3) is 0 Å². The van der Waals surface area contributed by atoms with Crippen molar-refractivity contribution in [2.45, 2.75) is 32.5 Å². The molecule has 6 nitrogen and oxygen atoms in total. The van der Waals surface area contributed by atoms with Crippen LogP contribution < -0.4 is 21.8 Å². The van der Waals surface area contributed by atoms with Crippen LogP contribution in [-0.2, 0) is 6.18 Å². The summed E-state index contributed by atoms with van der Waals surface area (Å²) >= 11 is 0. The van der Waals surface area contributed by atoms with Gasteiger partial charge in [-0.2, -0.15) is 18.3 Å². The number of rotatable bonds is 8. The van der Waals surface area contributed by atoms with Crippen LogP contribution in [0.2, 0.25) is 0 Å². The van der Waals surface area contributed by atoms with Crippen LogP contribution in [0.1, 0.15) is 37.5 Å². The number of likely N-dealkylation sites (N-methyl/N-ethyl adjacent to an activating group) is 1. The SMILES string of the molecule is CC.CN(CCC(Oc1ccc(C(F)(F)F)cc1)c1ccccc1)C/C(=N/N)NN. The van der Waals surface area contributed by atoms with Gasteiger partial charge < -0.3 is 16.0 Å². The molecule has 9 heteroatoms. The summed E-state index contributed by atoms with van der Waals surface area (Å²) in [6, 6.07) is 14.2. The average molecular weight is 425 g/mol. The summed E-state index contributed by atoms with van der Waals surface area (Å²) in [6.07, 6.45) is -4.10. The van der Waals surface area contributed by atoms with Crippen LogP contribution in [0.15, 0.2) is 59.7 Å². The summed E-state index contributed by atoms with van der Waals surface area (Å²) < 4.78 is 44.2. The highest BCUT2D eigenvalue weighted by molar-refractivity contribution is 5.83. The summed E-state index contributed by atoms with van der Waals surface area (Å²) in [6.45, 7) is 5.05. The van der Waals surface area contributed by atoms with E-state index in [2.05, 4.69) is 10.5 Å². The van der Waals surface area contributed by atoms with Crippen molar-refractivity contribution < 1.29 is 17.9 Å². The maximum atomic E-state index is 12.7. The first kappa shape index (κ1) is 25.3. The van der Waals surface area contributed by atoms with Crippen molar-refractivity contribution in [3.05, 3.63) is 65.7 Å². The molecule has 5 N–H and O–H groups in total. The van der Waals surface area contributed by atoms with Crippen molar-refractivity contribution in [3.63, 3.8) is 0 Å². The second-order valence-corrected chi connectivity index (χ2v) is 6.29. The molecule has 2 rings (SSSR count). The number of halogens is 3. The molecule has 0 radical (unpaired) electrons. The van der Waals surface area contributed by atoms with Crippen molar-refractivity contribution in [1.82, 2.24) is 10.3 Å². The molecule has 2 aromatic rings. The highest BCUT2D eigenvalue weighted by Crippen LogP contribution is 2.32. The zero-order chi connectivity index (χ0) is 22.6. The van der Waals surface area contributed by atoms with Gasteiger partial charge in [0, 0.05) is 13.0 Å². The van der Waals surface area contributed by atoms with Gasteiger partial charge in [-0.3, -0.25) is 4.90 Å². The Balaban J connectivity index is 0.00000218. The Kier molecular flexibility index (Phi) is 10.7. The van der Waals surface area contributed by atoms with Crippen LogP contribution in [-0.4, -0.2) is 30.9 Å². The molecular formula is C21H30F3N5O. The molecule has 0 saturated heterocycles. The largest absolute Gasteiger partial charge is 0.486 e. The molecule has 0 heterocycles. The lowest BCUT2D eigenvalue weighted by atomic mass is 10.1. The Morgan fingerprint density at radius 3 is 2.20 bits per heavy atom. The van der Waals surface area contributed by atoms with Gasteiger partial charge in [0.2, 0.25) is 0 Å². The summed E-state index contributed by atoms with van der Waals surface area (Å²) in [5.41, 5.74) is 2.64. The number of nitrogens with zero attached hydrogens (tertiary/aromatic N) is 2. The molecule has 0 saturated carbocycles. The quantitative estimate of drug-likeness (QED) is 0.258. The van der Waals surface area contributed by atoms with Gasteiger partial charge in [0.05, 0.1) is 12.1 Å². The standard InChI is InChI=1S/C19H24F3N5O.C2H6/c1-27(13-18(25-23)26-24)12-11-17(14-5-3-2-4-6-14)28-16-9-7-15(8-10-16)19(20,21)22;1-2/h2-10,17H,11-13,23-24H2,1H3,(H,25,26);1-2H3. The maximum Gasteiger partial charge on any atom is 0.416 e. The van der Waals surface area contributed by atoms with Crippen molar-refractivity contribution in [2.75, 3.05) is 20.1 Å². The van der Waals surface area contributed by atoms with E-state index in [1.165, 1.54) is 12.1 Å². The Morgan fingerprint density at radius 1 is 1.10 bits per heavy atom. The fourth-order valence-electron chi connectivity index (χ4n) is 2.64. The van der Waals surface area contributed by atoms with Gasteiger partial charge in [-0.15, -0.1) is 0 Å². The number of hydrogen-bond acceptors (Lipinski definition) is 5. The summed E-state index contributed by atoms with van der Waals surface area (Å²) in [5.74, 6) is 11.4. The second-order valence-electron chi connectivity index (χ2n) is 6.29. The Hall–Kier alpha value is -2.78. The van der Waals surface area contributed by atoms with Crippen molar-refractivity contribution in [2.24, 2.45) is 16.8 Å². The number of ether oxygens (including phenoxy) is 1. The lowest BCUT2D eigenvalue weighted by molar-refractivity contribution is -0.137. The first-order valence-electron chi connectivity index (χ1n) is 9.64. The Labute approximate surface area is 175 Å². The highest BCUT2D eigenvalue weighted by atomic mass is 19.4. The Morgan fingerprint density at radius 2 is 1.70 bits per heavy atom. The molecule has 0 bridgehead atoms. The molecule has 2 aromatic carbocycles. The molecule has 0 aliphatic rings. The van der Waals surface area contributed by atoms with E-state index in [1.807, 2.05) is 56.1 Å². The van der Waals surface area contributed by atoms with E-state index >= 15 is 0 Å². The number of hydrazine groups is 1. The third kappa shape index (κ3) is 8.30. The number of benzene rings is 2. The lowest BCUT2D eigenvalue weighted by Gasteiger charge is -2.23. The van der Waals surface area contributed by atoms with Gasteiger partial charge in [0.25, 0.3) is 0 Å². The van der Waals surface area contributed by atoms with Gasteiger partial charge in [0.1, 0.15) is 17.7 Å². The van der Waals surface area contributed by atoms with Gasteiger partial charge >= 0.3 is 6.18 Å². The van der Waals surface area contributed by atoms with Gasteiger partial charge in [-0.1, -0.05) is 44.2 Å². The van der Waals surface area contributed by atoms with E-state index in [4.69, 9.17) is 16.4 Å². The number of amidine groups is 1. The van der Waals surface area contributed by atoms with E-state index in [1.54, 1.807) is 0 Å². The molecule has 0 amide bonds. The molecule has 0 aromatic heterocycles. The molecule has 30 heavy (non-hydrogen) atoms. The topological polar surface area (TPSA) is 88.9 Å². The molecule has 1 unspecified atom stereocenters. The zero-order valence-corrected chi connectivity index (χ0v) is 17.5. The zero-order valence-electron chi connectivity index (χ0n) is 17.5. The first-order chi connectivity index (χ1) is 14.3. The normalized spacial score (nSPS) is 12.7. The van der Waals surface area contributed by atoms with Gasteiger partial charge in [0.15, 0.2) is 0 Å². The monoisotopic (exact) mass is 425 g/mol. The Bertz CT molecular complexity index is 751. The molecular weight excluding hydrogens is 395 g/mol. The van der Waals surface area contributed by atoms with Crippen molar-refractivity contribution in [3.8, 4) is 5.75 Å². The molecule has 0 aliphatic heterocycles. The maximum absolute atomic E-state index is 12.7. The molecule has 0 aliphatic carbocycles. The summed E-state index contributed by atoms with van der Waals surface area (Å²) in [7, 11) is 1.88. The minimum Gasteiger partial charge on any atom is -0.486 e. The van der Waals surface area contributed by atoms with Crippen LogP contribution >= 0.6 is 0 Å². The predicted molar refractivity (Wildman–Crippen MR) is 114 cm³/mol. The lowest BCUT2D eigenvalue weighted by Crippen LogP contribution is -2.40. The minimum atomic E-state index is -4.38. The van der Waals surface area contributed by atoms with Crippen LogP contribution in [0, 0.1) is 0 Å². The van der Waals surface area contributed by atoms with E-state index in [0.717, 1.165) is 17.7 Å². The smallest absolute Gasteiger partial charge is 0.416 e. The van der Waals surface area contributed by atoms with Crippen molar-refractivity contribution >= 4 is 5.84 Å². The number of alkyl halides is 3. The van der Waals surface area contributed by atoms with Gasteiger partial charge in [-0.05, 0) is 36.9 Å². The van der Waals surface area contributed by atoms with E-state index < -0.39 is 11.7 Å².